The summed E-state index contributed by atoms with van der Waals surface area (Å²) in [6.45, 7) is 4.09. The number of aromatic nitrogens is 1. The van der Waals surface area contributed by atoms with Gasteiger partial charge in [0, 0.05) is 12.4 Å². The lowest BCUT2D eigenvalue weighted by molar-refractivity contribution is -0.118. The molecule has 1 aromatic heterocycles. The third-order valence-electron chi connectivity index (χ3n) is 1.91. The van der Waals surface area contributed by atoms with Crippen molar-refractivity contribution < 1.29 is 4.79 Å². The molecule has 4 heteroatoms. The van der Waals surface area contributed by atoms with E-state index in [0.717, 1.165) is 0 Å². The summed E-state index contributed by atoms with van der Waals surface area (Å²) < 4.78 is 1.60. The predicted octanol–water partition coefficient (Wildman–Crippen LogP) is 0.932. The fourth-order valence-corrected chi connectivity index (χ4v) is 1.23. The second-order valence-electron chi connectivity index (χ2n) is 3.80. The quantitative estimate of drug-likeness (QED) is 0.751. The molecule has 78 valence electrons. The summed E-state index contributed by atoms with van der Waals surface area (Å²) in [7, 11) is 0. The molecule has 0 unspecified atom stereocenters. The zero-order valence-corrected chi connectivity index (χ0v) is 8.60. The third kappa shape index (κ3) is 3.22. The van der Waals surface area contributed by atoms with Crippen LogP contribution >= 0.6 is 0 Å². The van der Waals surface area contributed by atoms with Gasteiger partial charge in [-0.3, -0.25) is 14.9 Å². The van der Waals surface area contributed by atoms with Gasteiger partial charge in [0.2, 0.25) is 0 Å². The molecule has 0 radical (unpaired) electrons. The zero-order chi connectivity index (χ0) is 10.6. The van der Waals surface area contributed by atoms with E-state index in [2.05, 4.69) is 5.43 Å². The van der Waals surface area contributed by atoms with E-state index in [9.17, 15) is 4.79 Å². The molecule has 1 amide bonds. The number of hydrogen-bond acceptors (Lipinski definition) is 2. The molecule has 1 aromatic rings. The topological polar surface area (TPSA) is 60.1 Å². The number of rotatable bonds is 4. The van der Waals surface area contributed by atoms with Gasteiger partial charge in [0.1, 0.15) is 0 Å². The molecule has 0 saturated heterocycles. The Kier molecular flexibility index (Phi) is 3.71. The van der Waals surface area contributed by atoms with Gasteiger partial charge in [-0.2, -0.15) is 0 Å². The highest BCUT2D eigenvalue weighted by atomic mass is 16.2. The Morgan fingerprint density at radius 2 is 2.00 bits per heavy atom. The van der Waals surface area contributed by atoms with Crippen molar-refractivity contribution in [2.24, 2.45) is 11.7 Å². The Balaban J connectivity index is 2.42. The smallest absolute Gasteiger partial charge is 0.255 e. The fraction of sp³-hybridized carbons (Fsp3) is 0.500. The molecule has 1 atom stereocenters. The average molecular weight is 195 g/mol. The highest BCUT2D eigenvalue weighted by molar-refractivity contribution is 5.88. The van der Waals surface area contributed by atoms with Gasteiger partial charge in [-0.15, -0.1) is 0 Å². The average Bonchev–Trinajstić information content (AvgIpc) is 2.55. The van der Waals surface area contributed by atoms with Crippen LogP contribution in [0, 0.1) is 5.92 Å². The van der Waals surface area contributed by atoms with Crippen LogP contribution in [0.15, 0.2) is 24.5 Å². The molecule has 1 heterocycles. The molecule has 14 heavy (non-hydrogen) atoms. The van der Waals surface area contributed by atoms with E-state index in [-0.39, 0.29) is 5.91 Å². The van der Waals surface area contributed by atoms with E-state index >= 15 is 0 Å². The molecule has 0 spiro atoms. The van der Waals surface area contributed by atoms with Crippen molar-refractivity contribution >= 4 is 5.91 Å². The predicted molar refractivity (Wildman–Crippen MR) is 56.2 cm³/mol. The van der Waals surface area contributed by atoms with Crippen molar-refractivity contribution in [1.82, 2.24) is 4.68 Å². The van der Waals surface area contributed by atoms with Crippen molar-refractivity contribution in [3.63, 3.8) is 0 Å². The number of hydrogen-bond donors (Lipinski definition) is 2. The molecule has 3 N–H and O–H groups in total. The maximum absolute atomic E-state index is 11.5. The van der Waals surface area contributed by atoms with E-state index in [1.807, 2.05) is 26.0 Å². The van der Waals surface area contributed by atoms with Gasteiger partial charge in [-0.05, 0) is 24.5 Å². The van der Waals surface area contributed by atoms with Crippen LogP contribution in [0.25, 0.3) is 0 Å². The number of nitrogens with one attached hydrogen (secondary N) is 1. The Bertz CT molecular complexity index is 280. The summed E-state index contributed by atoms with van der Waals surface area (Å²) in [6, 6.07) is 3.25. The lowest BCUT2D eigenvalue weighted by Crippen LogP contribution is -2.39. The lowest BCUT2D eigenvalue weighted by atomic mass is 10.0. The minimum atomic E-state index is -0.433. The lowest BCUT2D eigenvalue weighted by Gasteiger charge is -2.14. The van der Waals surface area contributed by atoms with Crippen LogP contribution in [0.5, 0.6) is 0 Å². The van der Waals surface area contributed by atoms with Gasteiger partial charge in [-0.1, -0.05) is 13.8 Å². The molecular formula is C10H17N3O. The van der Waals surface area contributed by atoms with Gasteiger partial charge in [-0.25, -0.2) is 0 Å². The maximum Gasteiger partial charge on any atom is 0.255 e. The monoisotopic (exact) mass is 195 g/mol. The van der Waals surface area contributed by atoms with Crippen molar-refractivity contribution in [2.45, 2.75) is 26.3 Å². The van der Waals surface area contributed by atoms with Crippen molar-refractivity contribution in [2.75, 3.05) is 5.43 Å². The van der Waals surface area contributed by atoms with Gasteiger partial charge >= 0.3 is 0 Å². The number of carbonyl (C=O) groups is 1. The van der Waals surface area contributed by atoms with Crippen LogP contribution in [-0.2, 0) is 4.79 Å². The van der Waals surface area contributed by atoms with Crippen molar-refractivity contribution in [3.05, 3.63) is 24.5 Å². The summed E-state index contributed by atoms with van der Waals surface area (Å²) in [6.07, 6.45) is 4.23. The number of carbonyl (C=O) groups excluding carboxylic acids is 1. The SMILES string of the molecule is CC(C)C[C@@H](N)C(=O)Nn1cccc1. The first-order chi connectivity index (χ1) is 6.59. The molecule has 1 rings (SSSR count). The summed E-state index contributed by atoms with van der Waals surface area (Å²) in [5.74, 6) is 0.287. The second-order valence-corrected chi connectivity index (χ2v) is 3.80. The van der Waals surface area contributed by atoms with Crippen LogP contribution in [0.3, 0.4) is 0 Å². The molecule has 0 aliphatic rings. The van der Waals surface area contributed by atoms with Gasteiger partial charge < -0.3 is 5.73 Å². The Labute approximate surface area is 84.1 Å². The molecule has 0 saturated carbocycles. The molecule has 0 fully saturated rings. The largest absolute Gasteiger partial charge is 0.320 e. The minimum absolute atomic E-state index is 0.144. The van der Waals surface area contributed by atoms with Crippen LogP contribution in [0.2, 0.25) is 0 Å². The summed E-state index contributed by atoms with van der Waals surface area (Å²) >= 11 is 0. The minimum Gasteiger partial charge on any atom is -0.320 e. The van der Waals surface area contributed by atoms with E-state index in [0.29, 0.717) is 12.3 Å². The van der Waals surface area contributed by atoms with E-state index in [4.69, 9.17) is 5.73 Å². The van der Waals surface area contributed by atoms with Gasteiger partial charge in [0.05, 0.1) is 6.04 Å². The molecule has 4 nitrogen and oxygen atoms in total. The molecule has 0 bridgehead atoms. The maximum atomic E-state index is 11.5. The molecule has 0 aliphatic carbocycles. The van der Waals surface area contributed by atoms with Crippen LogP contribution in [-0.4, -0.2) is 16.6 Å². The summed E-state index contributed by atoms with van der Waals surface area (Å²) in [5.41, 5.74) is 8.39. The van der Waals surface area contributed by atoms with Gasteiger partial charge in [0.25, 0.3) is 5.91 Å². The fourth-order valence-electron chi connectivity index (χ4n) is 1.23. The van der Waals surface area contributed by atoms with E-state index in [1.54, 1.807) is 17.1 Å². The molecule has 0 aliphatic heterocycles. The van der Waals surface area contributed by atoms with Crippen molar-refractivity contribution in [3.8, 4) is 0 Å². The first-order valence-electron chi connectivity index (χ1n) is 4.79. The Morgan fingerprint density at radius 3 is 2.50 bits per heavy atom. The van der Waals surface area contributed by atoms with E-state index < -0.39 is 6.04 Å². The highest BCUT2D eigenvalue weighted by Gasteiger charge is 2.14. The molecular weight excluding hydrogens is 178 g/mol. The zero-order valence-electron chi connectivity index (χ0n) is 8.60. The Hall–Kier alpha value is -1.29. The van der Waals surface area contributed by atoms with E-state index in [1.165, 1.54) is 0 Å². The first kappa shape index (κ1) is 10.8. The standard InChI is InChI=1S/C10H17N3O/c1-8(2)7-9(11)10(14)12-13-5-3-4-6-13/h3-6,8-9H,7,11H2,1-2H3,(H,12,14)/t9-/m1/s1. The second kappa shape index (κ2) is 4.81. The summed E-state index contributed by atoms with van der Waals surface area (Å²) in [5, 5.41) is 0. The summed E-state index contributed by atoms with van der Waals surface area (Å²) in [4.78, 5) is 11.5. The van der Waals surface area contributed by atoms with Gasteiger partial charge in [0.15, 0.2) is 0 Å². The normalized spacial score (nSPS) is 12.9. The Morgan fingerprint density at radius 1 is 1.43 bits per heavy atom. The number of amides is 1. The number of nitrogens with zero attached hydrogens (tertiary/aromatic N) is 1. The first-order valence-corrected chi connectivity index (χ1v) is 4.79. The molecule has 0 aromatic carbocycles. The van der Waals surface area contributed by atoms with Crippen molar-refractivity contribution in [1.29, 1.82) is 0 Å². The number of nitrogens with two attached hydrogens (primary N) is 1. The van der Waals surface area contributed by atoms with Crippen LogP contribution in [0.4, 0.5) is 0 Å². The van der Waals surface area contributed by atoms with Crippen LogP contribution < -0.4 is 11.2 Å². The highest BCUT2D eigenvalue weighted by Crippen LogP contribution is 2.02. The third-order valence-corrected chi connectivity index (χ3v) is 1.91. The van der Waals surface area contributed by atoms with Crippen LogP contribution in [0.1, 0.15) is 20.3 Å².